The fourth-order valence-electron chi connectivity index (χ4n) is 2.61. The van der Waals surface area contributed by atoms with Crippen LogP contribution >= 0.6 is 0 Å². The predicted octanol–water partition coefficient (Wildman–Crippen LogP) is 2.52. The molecular weight excluding hydrogens is 337 g/mol. The fraction of sp³-hybridized carbons (Fsp3) is 0.188. The van der Waals surface area contributed by atoms with E-state index in [1.807, 2.05) is 6.92 Å². The number of aromatic nitrogens is 4. The Labute approximate surface area is 138 Å². The van der Waals surface area contributed by atoms with Crippen LogP contribution in [0.2, 0.25) is 0 Å². The molecule has 0 amide bonds. The molecule has 0 spiro atoms. The monoisotopic (exact) mass is 350 g/mol. The van der Waals surface area contributed by atoms with E-state index in [9.17, 15) is 22.8 Å². The number of hydrogen-bond donors (Lipinski definition) is 2. The highest BCUT2D eigenvalue weighted by molar-refractivity contribution is 5.78. The van der Waals surface area contributed by atoms with E-state index in [2.05, 4.69) is 16.7 Å². The molecule has 6 nitrogen and oxygen atoms in total. The van der Waals surface area contributed by atoms with Gasteiger partial charge in [0.25, 0.3) is 5.56 Å². The third-order valence-corrected chi connectivity index (χ3v) is 3.77. The highest BCUT2D eigenvalue weighted by Crippen LogP contribution is 2.33. The molecule has 2 N–H and O–H groups in total. The molecule has 2 heterocycles. The van der Waals surface area contributed by atoms with Crippen LogP contribution in [0.5, 0.6) is 0 Å². The second-order valence-corrected chi connectivity index (χ2v) is 5.51. The molecule has 0 saturated heterocycles. The summed E-state index contributed by atoms with van der Waals surface area (Å²) in [6, 6.07) is 6.22. The maximum absolute atomic E-state index is 13.3. The number of nitrogens with zero attached hydrogens (tertiary/aromatic N) is 2. The third-order valence-electron chi connectivity index (χ3n) is 3.77. The van der Waals surface area contributed by atoms with Crippen LogP contribution < -0.4 is 11.2 Å². The van der Waals surface area contributed by atoms with E-state index in [0.29, 0.717) is 5.56 Å². The van der Waals surface area contributed by atoms with Gasteiger partial charge in [-0.2, -0.15) is 18.3 Å². The lowest BCUT2D eigenvalue weighted by molar-refractivity contribution is -0.140. The first-order chi connectivity index (χ1) is 11.7. The van der Waals surface area contributed by atoms with Crippen LogP contribution in [0.3, 0.4) is 0 Å². The average molecular weight is 350 g/mol. The van der Waals surface area contributed by atoms with Crippen molar-refractivity contribution in [1.82, 2.24) is 19.7 Å². The van der Waals surface area contributed by atoms with Gasteiger partial charge in [0.2, 0.25) is 0 Å². The highest BCUT2D eigenvalue weighted by Gasteiger charge is 2.39. The van der Waals surface area contributed by atoms with Crippen molar-refractivity contribution in [2.75, 3.05) is 0 Å². The van der Waals surface area contributed by atoms with Crippen molar-refractivity contribution in [2.45, 2.75) is 19.1 Å². The molecule has 130 valence electrons. The minimum absolute atomic E-state index is 0.313. The summed E-state index contributed by atoms with van der Waals surface area (Å²) in [6.07, 6.45) is -3.47. The summed E-state index contributed by atoms with van der Waals surface area (Å²) in [5.74, 6) is 0. The normalized spacial score (nSPS) is 13.1. The Balaban J connectivity index is 2.35. The number of benzene rings is 1. The molecule has 2 aromatic heterocycles. The van der Waals surface area contributed by atoms with Gasteiger partial charge in [0.05, 0.1) is 6.04 Å². The summed E-state index contributed by atoms with van der Waals surface area (Å²) >= 11 is 0. The van der Waals surface area contributed by atoms with E-state index in [4.69, 9.17) is 0 Å². The van der Waals surface area contributed by atoms with E-state index in [-0.39, 0.29) is 5.65 Å². The number of rotatable bonds is 3. The number of H-pyrrole nitrogens is 2. The summed E-state index contributed by atoms with van der Waals surface area (Å²) in [7, 11) is 0. The number of fused-ring (bicyclic) bond motifs is 1. The Bertz CT molecular complexity index is 1060. The van der Waals surface area contributed by atoms with Gasteiger partial charge < -0.3 is 0 Å². The van der Waals surface area contributed by atoms with Gasteiger partial charge >= 0.3 is 11.9 Å². The minimum atomic E-state index is -4.85. The number of nitrogens with one attached hydrogen (secondary N) is 2. The number of allylic oxidation sites excluding steroid dienone is 1. The number of halogens is 3. The molecule has 0 bridgehead atoms. The van der Waals surface area contributed by atoms with E-state index in [1.165, 1.54) is 6.08 Å². The average Bonchev–Trinajstić information content (AvgIpc) is 2.90. The van der Waals surface area contributed by atoms with Crippen LogP contribution in [0, 0.1) is 6.92 Å². The lowest BCUT2D eigenvalue weighted by Crippen LogP contribution is -2.24. The van der Waals surface area contributed by atoms with Crippen molar-refractivity contribution in [2.24, 2.45) is 0 Å². The Kier molecular flexibility index (Phi) is 3.86. The van der Waals surface area contributed by atoms with Crippen molar-refractivity contribution >= 4 is 11.0 Å². The molecule has 0 aliphatic rings. The van der Waals surface area contributed by atoms with Gasteiger partial charge in [-0.1, -0.05) is 35.9 Å². The fourth-order valence-corrected chi connectivity index (χ4v) is 2.61. The molecule has 0 saturated carbocycles. The zero-order chi connectivity index (χ0) is 18.4. The Morgan fingerprint density at radius 3 is 2.40 bits per heavy atom. The molecule has 0 aliphatic heterocycles. The topological polar surface area (TPSA) is 83.5 Å². The molecule has 1 unspecified atom stereocenters. The Morgan fingerprint density at radius 2 is 1.84 bits per heavy atom. The van der Waals surface area contributed by atoms with Crippen LogP contribution in [-0.4, -0.2) is 19.7 Å². The number of hydrogen-bond acceptors (Lipinski definition) is 3. The van der Waals surface area contributed by atoms with Gasteiger partial charge in [0, 0.05) is 0 Å². The van der Waals surface area contributed by atoms with Crippen LogP contribution in [-0.2, 0) is 6.18 Å². The molecule has 3 aromatic rings. The highest BCUT2D eigenvalue weighted by atomic mass is 19.4. The zero-order valence-corrected chi connectivity index (χ0v) is 13.0. The number of aromatic amines is 2. The van der Waals surface area contributed by atoms with Crippen molar-refractivity contribution in [1.29, 1.82) is 0 Å². The van der Waals surface area contributed by atoms with Crippen molar-refractivity contribution < 1.29 is 13.2 Å². The van der Waals surface area contributed by atoms with Crippen molar-refractivity contribution in [3.05, 3.63) is 74.6 Å². The lowest BCUT2D eigenvalue weighted by atomic mass is 10.1. The number of aryl methyl sites for hydroxylation is 1. The standard InChI is InChI=1S/C16H13F3N4O2/c1-3-10(9-6-4-8(2)5-7-9)23-13-11(12(22-23)16(17,18)19)14(24)21-15(25)20-13/h3-7,10H,1H2,2H3,(H2,20,21,24,25). The van der Waals surface area contributed by atoms with Crippen LogP contribution in [0.25, 0.3) is 11.0 Å². The third kappa shape index (κ3) is 2.88. The maximum atomic E-state index is 13.3. The summed E-state index contributed by atoms with van der Waals surface area (Å²) in [5.41, 5.74) is -2.16. The number of alkyl halides is 3. The van der Waals surface area contributed by atoms with Crippen LogP contribution in [0.4, 0.5) is 13.2 Å². The molecule has 0 radical (unpaired) electrons. The zero-order valence-electron chi connectivity index (χ0n) is 13.0. The molecule has 0 fully saturated rings. The summed E-state index contributed by atoms with van der Waals surface area (Å²) in [4.78, 5) is 27.5. The van der Waals surface area contributed by atoms with Gasteiger partial charge in [-0.15, -0.1) is 6.58 Å². The first-order valence-corrected chi connectivity index (χ1v) is 7.23. The van der Waals surface area contributed by atoms with Crippen LogP contribution in [0.1, 0.15) is 22.9 Å². The van der Waals surface area contributed by atoms with Gasteiger partial charge in [-0.3, -0.25) is 14.8 Å². The largest absolute Gasteiger partial charge is 0.436 e. The first-order valence-electron chi connectivity index (χ1n) is 7.23. The molecule has 9 heteroatoms. The molecular formula is C16H13F3N4O2. The summed E-state index contributed by atoms with van der Waals surface area (Å²) in [6.45, 7) is 5.51. The lowest BCUT2D eigenvalue weighted by Gasteiger charge is -2.15. The summed E-state index contributed by atoms with van der Waals surface area (Å²) < 4.78 is 40.8. The van der Waals surface area contributed by atoms with E-state index >= 15 is 0 Å². The molecule has 25 heavy (non-hydrogen) atoms. The minimum Gasteiger partial charge on any atom is -0.291 e. The van der Waals surface area contributed by atoms with Gasteiger partial charge in [-0.05, 0) is 12.5 Å². The molecule has 0 aliphatic carbocycles. The van der Waals surface area contributed by atoms with Crippen molar-refractivity contribution in [3.63, 3.8) is 0 Å². The summed E-state index contributed by atoms with van der Waals surface area (Å²) in [5, 5.41) is 2.85. The molecule has 1 atom stereocenters. The SMILES string of the molecule is C=CC(c1ccc(C)cc1)n1nc(C(F)(F)F)c2c(=O)[nH]c(=O)[nH]c21. The van der Waals surface area contributed by atoms with Gasteiger partial charge in [0.1, 0.15) is 11.0 Å². The van der Waals surface area contributed by atoms with Gasteiger partial charge in [0.15, 0.2) is 5.69 Å². The smallest absolute Gasteiger partial charge is 0.291 e. The van der Waals surface area contributed by atoms with Crippen molar-refractivity contribution in [3.8, 4) is 0 Å². The Morgan fingerprint density at radius 1 is 1.20 bits per heavy atom. The quantitative estimate of drug-likeness (QED) is 0.712. The maximum Gasteiger partial charge on any atom is 0.436 e. The Hall–Kier alpha value is -3.10. The second kappa shape index (κ2) is 5.76. The van der Waals surface area contributed by atoms with E-state index < -0.39 is 34.5 Å². The second-order valence-electron chi connectivity index (χ2n) is 5.51. The predicted molar refractivity (Wildman–Crippen MR) is 85.5 cm³/mol. The van der Waals surface area contributed by atoms with E-state index in [1.54, 1.807) is 29.2 Å². The molecule has 1 aromatic carbocycles. The van der Waals surface area contributed by atoms with Crippen LogP contribution in [0.15, 0.2) is 46.5 Å². The first kappa shape index (κ1) is 16.7. The molecule has 3 rings (SSSR count). The van der Waals surface area contributed by atoms with Gasteiger partial charge in [-0.25, -0.2) is 9.48 Å². The van der Waals surface area contributed by atoms with E-state index in [0.717, 1.165) is 10.2 Å².